The smallest absolute Gasteiger partial charge is 0.210 e. The summed E-state index contributed by atoms with van der Waals surface area (Å²) in [5.74, 6) is -0.742. The highest BCUT2D eigenvalue weighted by Crippen LogP contribution is 2.31. The van der Waals surface area contributed by atoms with Gasteiger partial charge in [0, 0.05) is 18.8 Å². The van der Waals surface area contributed by atoms with Gasteiger partial charge in [-0.3, -0.25) is 4.79 Å². The van der Waals surface area contributed by atoms with Crippen LogP contribution in [0.1, 0.15) is 25.7 Å². The van der Waals surface area contributed by atoms with Crippen LogP contribution in [0.2, 0.25) is 0 Å². The molecule has 0 N–H and O–H groups in total. The summed E-state index contributed by atoms with van der Waals surface area (Å²) in [4.78, 5) is 11.3. The number of carbonyl (C=O) groups is 1. The van der Waals surface area contributed by atoms with E-state index in [1.54, 1.807) is 18.2 Å². The molecule has 2 unspecified atom stereocenters. The molecule has 0 aliphatic heterocycles. The molecule has 98 valence electrons. The van der Waals surface area contributed by atoms with Crippen molar-refractivity contribution in [1.82, 2.24) is 0 Å². The van der Waals surface area contributed by atoms with E-state index in [0.29, 0.717) is 19.3 Å². The van der Waals surface area contributed by atoms with Crippen LogP contribution in [0, 0.1) is 5.92 Å². The van der Waals surface area contributed by atoms with Gasteiger partial charge in [-0.15, -0.1) is 0 Å². The number of hydrogen-bond acceptors (Lipinski definition) is 3. The molecule has 1 saturated carbocycles. The van der Waals surface area contributed by atoms with E-state index in [0.717, 1.165) is 0 Å². The van der Waals surface area contributed by atoms with Gasteiger partial charge in [-0.2, -0.15) is 0 Å². The molecule has 0 bridgehead atoms. The van der Waals surface area contributed by atoms with E-state index in [9.17, 15) is 17.6 Å². The van der Waals surface area contributed by atoms with Gasteiger partial charge in [-0.25, -0.2) is 12.8 Å². The second-order valence-corrected chi connectivity index (χ2v) is 6.62. The lowest BCUT2D eigenvalue weighted by Crippen LogP contribution is -2.30. The van der Waals surface area contributed by atoms with Crippen molar-refractivity contribution in [1.29, 1.82) is 0 Å². The summed E-state index contributed by atoms with van der Waals surface area (Å²) in [6, 6.07) is 7.56. The van der Waals surface area contributed by atoms with Gasteiger partial charge in [-0.05, 0) is 25.0 Å². The standard InChI is InChI=1S/C13H15FO3S/c14-13(10-5-4-6-11(15)9-10)18(16,17)12-7-2-1-3-8-12/h1-3,7-8,10,13H,4-6,9H2. The van der Waals surface area contributed by atoms with Gasteiger partial charge in [0.25, 0.3) is 0 Å². The third-order valence-electron chi connectivity index (χ3n) is 3.26. The third-order valence-corrected chi connectivity index (χ3v) is 5.17. The Balaban J connectivity index is 2.22. The molecule has 3 nitrogen and oxygen atoms in total. The van der Waals surface area contributed by atoms with E-state index in [-0.39, 0.29) is 17.1 Å². The fraction of sp³-hybridized carbons (Fsp3) is 0.462. The van der Waals surface area contributed by atoms with Crippen LogP contribution >= 0.6 is 0 Å². The second kappa shape index (κ2) is 5.18. The highest BCUT2D eigenvalue weighted by Gasteiger charge is 2.37. The second-order valence-electron chi connectivity index (χ2n) is 4.60. The van der Waals surface area contributed by atoms with E-state index in [1.807, 2.05) is 0 Å². The minimum absolute atomic E-state index is 0.0180. The number of Topliss-reactive ketones (excluding diaryl/α,β-unsaturated/α-hetero) is 1. The van der Waals surface area contributed by atoms with Crippen LogP contribution < -0.4 is 0 Å². The van der Waals surface area contributed by atoms with E-state index in [4.69, 9.17) is 0 Å². The lowest BCUT2D eigenvalue weighted by molar-refractivity contribution is -0.121. The monoisotopic (exact) mass is 270 g/mol. The Kier molecular flexibility index (Phi) is 3.80. The minimum Gasteiger partial charge on any atom is -0.300 e. The zero-order valence-electron chi connectivity index (χ0n) is 9.88. The van der Waals surface area contributed by atoms with Crippen molar-refractivity contribution in [2.45, 2.75) is 36.1 Å². The van der Waals surface area contributed by atoms with Gasteiger partial charge in [0.2, 0.25) is 15.3 Å². The predicted octanol–water partition coefficient (Wildman–Crippen LogP) is 2.52. The summed E-state index contributed by atoms with van der Waals surface area (Å²) in [5, 5.41) is 0. The number of rotatable bonds is 3. The Hall–Kier alpha value is -1.23. The predicted molar refractivity (Wildman–Crippen MR) is 65.5 cm³/mol. The Labute approximate surface area is 106 Å². The summed E-state index contributed by atoms with van der Waals surface area (Å²) in [7, 11) is -3.98. The minimum atomic E-state index is -3.98. The zero-order chi connectivity index (χ0) is 13.2. The number of carbonyl (C=O) groups excluding carboxylic acids is 1. The summed E-state index contributed by atoms with van der Waals surface area (Å²) >= 11 is 0. The summed E-state index contributed by atoms with van der Waals surface area (Å²) in [6.45, 7) is 0. The first kappa shape index (κ1) is 13.2. The Morgan fingerprint density at radius 1 is 1.22 bits per heavy atom. The molecule has 5 heteroatoms. The molecule has 1 aliphatic rings. The topological polar surface area (TPSA) is 51.2 Å². The highest BCUT2D eigenvalue weighted by molar-refractivity contribution is 7.91. The average Bonchev–Trinajstić information content (AvgIpc) is 2.39. The molecule has 2 rings (SSSR count). The molecule has 0 spiro atoms. The number of hydrogen-bond donors (Lipinski definition) is 0. The van der Waals surface area contributed by atoms with Gasteiger partial charge in [0.1, 0.15) is 5.78 Å². The molecule has 18 heavy (non-hydrogen) atoms. The molecule has 0 amide bonds. The van der Waals surface area contributed by atoms with E-state index < -0.39 is 21.3 Å². The van der Waals surface area contributed by atoms with Crippen molar-refractivity contribution in [3.05, 3.63) is 30.3 Å². The van der Waals surface area contributed by atoms with Crippen molar-refractivity contribution >= 4 is 15.6 Å². The maximum absolute atomic E-state index is 14.2. The number of ketones is 1. The summed E-state index contributed by atoms with van der Waals surface area (Å²) in [6.07, 6.45) is 1.51. The molecular formula is C13H15FO3S. The van der Waals surface area contributed by atoms with Gasteiger partial charge >= 0.3 is 0 Å². The van der Waals surface area contributed by atoms with Crippen LogP contribution in [0.5, 0.6) is 0 Å². The van der Waals surface area contributed by atoms with Gasteiger partial charge < -0.3 is 0 Å². The van der Waals surface area contributed by atoms with Crippen LogP contribution in [0.4, 0.5) is 4.39 Å². The fourth-order valence-corrected chi connectivity index (χ4v) is 3.81. The number of sulfone groups is 1. The number of halogens is 1. The first-order valence-corrected chi connectivity index (χ1v) is 7.51. The van der Waals surface area contributed by atoms with E-state index in [2.05, 4.69) is 0 Å². The lowest BCUT2D eigenvalue weighted by Gasteiger charge is -2.24. The zero-order valence-corrected chi connectivity index (χ0v) is 10.7. The largest absolute Gasteiger partial charge is 0.300 e. The van der Waals surface area contributed by atoms with Gasteiger partial charge in [0.05, 0.1) is 4.90 Å². The van der Waals surface area contributed by atoms with E-state index in [1.165, 1.54) is 12.1 Å². The molecular weight excluding hydrogens is 255 g/mol. The Bertz CT molecular complexity index is 524. The molecule has 2 atom stereocenters. The SMILES string of the molecule is O=C1CCCC(C(F)S(=O)(=O)c2ccccc2)C1. The van der Waals surface area contributed by atoms with Crippen molar-refractivity contribution in [2.75, 3.05) is 0 Å². The van der Waals surface area contributed by atoms with Gasteiger partial charge in [-0.1, -0.05) is 18.2 Å². The van der Waals surface area contributed by atoms with Crippen LogP contribution in [-0.4, -0.2) is 19.7 Å². The molecule has 1 aromatic rings. The van der Waals surface area contributed by atoms with Crippen LogP contribution in [-0.2, 0) is 14.6 Å². The normalized spacial score (nSPS) is 22.7. The molecule has 1 fully saturated rings. The highest BCUT2D eigenvalue weighted by atomic mass is 32.2. The van der Waals surface area contributed by atoms with Crippen molar-refractivity contribution in [3.63, 3.8) is 0 Å². The molecule has 1 aliphatic carbocycles. The van der Waals surface area contributed by atoms with Crippen molar-refractivity contribution in [3.8, 4) is 0 Å². The molecule has 1 aromatic carbocycles. The number of alkyl halides is 1. The summed E-state index contributed by atoms with van der Waals surface area (Å²) < 4.78 is 38.3. The first-order chi connectivity index (χ1) is 8.51. The molecule has 0 radical (unpaired) electrons. The Morgan fingerprint density at radius 2 is 1.89 bits per heavy atom. The van der Waals surface area contributed by atoms with Crippen LogP contribution in [0.3, 0.4) is 0 Å². The van der Waals surface area contributed by atoms with Crippen LogP contribution in [0.25, 0.3) is 0 Å². The van der Waals surface area contributed by atoms with E-state index >= 15 is 0 Å². The quantitative estimate of drug-likeness (QED) is 0.848. The molecule has 0 aromatic heterocycles. The first-order valence-electron chi connectivity index (χ1n) is 5.96. The van der Waals surface area contributed by atoms with Crippen molar-refractivity contribution < 1.29 is 17.6 Å². The maximum atomic E-state index is 14.2. The fourth-order valence-electron chi connectivity index (χ4n) is 2.28. The lowest BCUT2D eigenvalue weighted by atomic mass is 9.89. The van der Waals surface area contributed by atoms with Crippen molar-refractivity contribution in [2.24, 2.45) is 5.92 Å². The Morgan fingerprint density at radius 3 is 2.50 bits per heavy atom. The molecule has 0 heterocycles. The average molecular weight is 270 g/mol. The summed E-state index contributed by atoms with van der Waals surface area (Å²) in [5.41, 5.74) is -1.98. The van der Waals surface area contributed by atoms with Gasteiger partial charge in [0.15, 0.2) is 0 Å². The number of benzene rings is 1. The van der Waals surface area contributed by atoms with Crippen LogP contribution in [0.15, 0.2) is 35.2 Å². The maximum Gasteiger partial charge on any atom is 0.210 e. The molecule has 0 saturated heterocycles. The third kappa shape index (κ3) is 2.61.